The van der Waals surface area contributed by atoms with Gasteiger partial charge in [0.1, 0.15) is 0 Å². The van der Waals surface area contributed by atoms with E-state index < -0.39 is 0 Å². The predicted molar refractivity (Wildman–Crippen MR) is 105 cm³/mol. The molecule has 0 bridgehead atoms. The summed E-state index contributed by atoms with van der Waals surface area (Å²) in [4.78, 5) is 16.1. The molecular formula is C19H23ClN4O. The van der Waals surface area contributed by atoms with Gasteiger partial charge in [0.05, 0.1) is 0 Å². The first-order valence-electron chi connectivity index (χ1n) is 8.13. The van der Waals surface area contributed by atoms with Crippen LogP contribution in [0.25, 0.3) is 0 Å². The molecule has 2 aromatic carbocycles. The second-order valence-corrected chi connectivity index (χ2v) is 6.36. The van der Waals surface area contributed by atoms with E-state index in [2.05, 4.69) is 21.7 Å². The van der Waals surface area contributed by atoms with Crippen LogP contribution in [0, 0.1) is 13.8 Å². The van der Waals surface area contributed by atoms with Crippen LogP contribution >= 0.6 is 11.6 Å². The fourth-order valence-electron chi connectivity index (χ4n) is 2.43. The number of hydrogen-bond acceptors (Lipinski definition) is 2. The third kappa shape index (κ3) is 6.85. The molecule has 4 N–H and O–H groups in total. The number of nitrogens with two attached hydrogens (primary N) is 1. The van der Waals surface area contributed by atoms with Crippen molar-refractivity contribution in [2.24, 2.45) is 10.7 Å². The van der Waals surface area contributed by atoms with Gasteiger partial charge in [0, 0.05) is 29.4 Å². The number of benzene rings is 2. The van der Waals surface area contributed by atoms with Gasteiger partial charge in [-0.1, -0.05) is 17.7 Å². The zero-order valence-corrected chi connectivity index (χ0v) is 15.2. The molecule has 2 rings (SSSR count). The Morgan fingerprint density at radius 2 is 1.68 bits per heavy atom. The van der Waals surface area contributed by atoms with Crippen molar-refractivity contribution in [3.05, 3.63) is 58.6 Å². The Kier molecular flexibility index (Phi) is 6.83. The minimum Gasteiger partial charge on any atom is -0.370 e. The highest BCUT2D eigenvalue weighted by Crippen LogP contribution is 2.14. The van der Waals surface area contributed by atoms with Crippen LogP contribution < -0.4 is 16.4 Å². The molecule has 0 unspecified atom stereocenters. The van der Waals surface area contributed by atoms with Crippen molar-refractivity contribution in [2.75, 3.05) is 17.2 Å². The SMILES string of the molecule is Cc1cc(C)cc(NC(N)=NCCCC(=O)Nc2ccc(Cl)cc2)c1. The van der Waals surface area contributed by atoms with Gasteiger partial charge in [-0.05, 0) is 67.8 Å². The molecule has 0 aliphatic rings. The highest BCUT2D eigenvalue weighted by molar-refractivity contribution is 6.30. The monoisotopic (exact) mass is 358 g/mol. The Hall–Kier alpha value is -2.53. The Balaban J connectivity index is 1.74. The van der Waals surface area contributed by atoms with Crippen molar-refractivity contribution in [2.45, 2.75) is 26.7 Å². The van der Waals surface area contributed by atoms with Gasteiger partial charge < -0.3 is 16.4 Å². The highest BCUT2D eigenvalue weighted by Gasteiger charge is 2.02. The number of nitrogens with zero attached hydrogens (tertiary/aromatic N) is 1. The number of aliphatic imine (C=N–C) groups is 1. The van der Waals surface area contributed by atoms with Crippen molar-refractivity contribution in [1.82, 2.24) is 0 Å². The molecule has 5 nitrogen and oxygen atoms in total. The lowest BCUT2D eigenvalue weighted by Gasteiger charge is -2.08. The van der Waals surface area contributed by atoms with Gasteiger partial charge in [-0.25, -0.2) is 0 Å². The summed E-state index contributed by atoms with van der Waals surface area (Å²) in [5.74, 6) is 0.293. The molecule has 0 aromatic heterocycles. The third-order valence-electron chi connectivity index (χ3n) is 3.47. The van der Waals surface area contributed by atoms with E-state index in [4.69, 9.17) is 17.3 Å². The van der Waals surface area contributed by atoms with Gasteiger partial charge in [-0.15, -0.1) is 0 Å². The van der Waals surface area contributed by atoms with Crippen molar-refractivity contribution >= 4 is 34.8 Å². The molecule has 0 aliphatic carbocycles. The molecule has 0 aliphatic heterocycles. The maximum Gasteiger partial charge on any atom is 0.224 e. The van der Waals surface area contributed by atoms with Crippen molar-refractivity contribution in [3.8, 4) is 0 Å². The summed E-state index contributed by atoms with van der Waals surface area (Å²) in [5, 5.41) is 6.53. The largest absolute Gasteiger partial charge is 0.370 e. The lowest BCUT2D eigenvalue weighted by molar-refractivity contribution is -0.116. The van der Waals surface area contributed by atoms with Crippen LogP contribution in [0.4, 0.5) is 11.4 Å². The topological polar surface area (TPSA) is 79.5 Å². The predicted octanol–water partition coefficient (Wildman–Crippen LogP) is 4.10. The normalized spacial score (nSPS) is 11.2. The Morgan fingerprint density at radius 3 is 2.32 bits per heavy atom. The van der Waals surface area contributed by atoms with E-state index in [1.807, 2.05) is 26.0 Å². The van der Waals surface area contributed by atoms with Crippen molar-refractivity contribution < 1.29 is 4.79 Å². The fraction of sp³-hybridized carbons (Fsp3) is 0.263. The van der Waals surface area contributed by atoms with Gasteiger partial charge in [-0.3, -0.25) is 9.79 Å². The molecular weight excluding hydrogens is 336 g/mol. The van der Waals surface area contributed by atoms with E-state index in [1.54, 1.807) is 24.3 Å². The summed E-state index contributed by atoms with van der Waals surface area (Å²) in [7, 11) is 0. The second-order valence-electron chi connectivity index (χ2n) is 5.93. The summed E-state index contributed by atoms with van der Waals surface area (Å²) >= 11 is 5.81. The molecule has 0 fully saturated rings. The first-order chi connectivity index (χ1) is 11.9. The average Bonchev–Trinajstić information content (AvgIpc) is 2.53. The molecule has 0 saturated heterocycles. The highest BCUT2D eigenvalue weighted by atomic mass is 35.5. The van der Waals surface area contributed by atoms with Crippen LogP contribution in [-0.2, 0) is 4.79 Å². The minimum atomic E-state index is -0.0571. The van der Waals surface area contributed by atoms with Gasteiger partial charge in [0.25, 0.3) is 0 Å². The van der Waals surface area contributed by atoms with Crippen LogP contribution in [0.1, 0.15) is 24.0 Å². The summed E-state index contributed by atoms with van der Waals surface area (Å²) in [6, 6.07) is 13.1. The molecule has 1 amide bonds. The minimum absolute atomic E-state index is 0.0571. The van der Waals surface area contributed by atoms with E-state index in [9.17, 15) is 4.79 Å². The molecule has 0 atom stereocenters. The molecule has 25 heavy (non-hydrogen) atoms. The number of amides is 1. The molecule has 6 heteroatoms. The van der Waals surface area contributed by atoms with E-state index in [-0.39, 0.29) is 5.91 Å². The standard InChI is InChI=1S/C19H23ClN4O/c1-13-10-14(2)12-17(11-13)24-19(21)22-9-3-4-18(25)23-16-7-5-15(20)6-8-16/h5-8,10-12H,3-4,9H2,1-2H3,(H,23,25)(H3,21,22,24). The summed E-state index contributed by atoms with van der Waals surface area (Å²) in [6.45, 7) is 4.55. The smallest absolute Gasteiger partial charge is 0.224 e. The number of carbonyl (C=O) groups is 1. The fourth-order valence-corrected chi connectivity index (χ4v) is 2.56. The van der Waals surface area contributed by atoms with E-state index in [0.717, 1.165) is 22.5 Å². The Labute approximate surface area is 153 Å². The number of aryl methyl sites for hydroxylation is 2. The van der Waals surface area contributed by atoms with Crippen LogP contribution in [0.3, 0.4) is 0 Å². The zero-order chi connectivity index (χ0) is 18.2. The van der Waals surface area contributed by atoms with E-state index in [1.165, 1.54) is 0 Å². The number of anilines is 2. The number of rotatable bonds is 6. The number of guanidine groups is 1. The van der Waals surface area contributed by atoms with Crippen LogP contribution in [0.15, 0.2) is 47.5 Å². The first-order valence-corrected chi connectivity index (χ1v) is 8.51. The van der Waals surface area contributed by atoms with Gasteiger partial charge in [0.15, 0.2) is 5.96 Å². The summed E-state index contributed by atoms with van der Waals surface area (Å²) in [5.41, 5.74) is 9.86. The molecule has 0 spiro atoms. The second kappa shape index (κ2) is 9.08. The molecule has 0 radical (unpaired) electrons. The van der Waals surface area contributed by atoms with Crippen LogP contribution in [0.5, 0.6) is 0 Å². The lowest BCUT2D eigenvalue weighted by atomic mass is 10.1. The van der Waals surface area contributed by atoms with Gasteiger partial charge >= 0.3 is 0 Å². The molecule has 0 saturated carbocycles. The first kappa shape index (κ1) is 18.8. The van der Waals surface area contributed by atoms with Crippen LogP contribution in [0.2, 0.25) is 5.02 Å². The molecule has 2 aromatic rings. The van der Waals surface area contributed by atoms with E-state index in [0.29, 0.717) is 30.4 Å². The van der Waals surface area contributed by atoms with Crippen LogP contribution in [-0.4, -0.2) is 18.4 Å². The third-order valence-corrected chi connectivity index (χ3v) is 3.72. The quantitative estimate of drug-likeness (QED) is 0.413. The van der Waals surface area contributed by atoms with Gasteiger partial charge in [-0.2, -0.15) is 0 Å². The number of carbonyl (C=O) groups excluding carboxylic acids is 1. The number of hydrogen-bond donors (Lipinski definition) is 3. The van der Waals surface area contributed by atoms with Gasteiger partial charge in [0.2, 0.25) is 5.91 Å². The maximum atomic E-state index is 11.9. The zero-order valence-electron chi connectivity index (χ0n) is 14.5. The van der Waals surface area contributed by atoms with Crippen molar-refractivity contribution in [3.63, 3.8) is 0 Å². The number of nitrogens with one attached hydrogen (secondary N) is 2. The lowest BCUT2D eigenvalue weighted by Crippen LogP contribution is -2.23. The van der Waals surface area contributed by atoms with Crippen molar-refractivity contribution in [1.29, 1.82) is 0 Å². The maximum absolute atomic E-state index is 11.9. The molecule has 132 valence electrons. The van der Waals surface area contributed by atoms with E-state index >= 15 is 0 Å². The summed E-state index contributed by atoms with van der Waals surface area (Å²) in [6.07, 6.45) is 0.998. The molecule has 0 heterocycles. The number of halogens is 1. The average molecular weight is 359 g/mol. The Bertz CT molecular complexity index is 736. The Morgan fingerprint density at radius 1 is 1.04 bits per heavy atom. The summed E-state index contributed by atoms with van der Waals surface area (Å²) < 4.78 is 0.